The second-order valence-corrected chi connectivity index (χ2v) is 3.98. The quantitative estimate of drug-likeness (QED) is 0.622. The number of rotatable bonds is 8. The molecule has 4 nitrogen and oxygen atoms in total. The van der Waals surface area contributed by atoms with Gasteiger partial charge in [-0.25, -0.2) is 0 Å². The number of nitrogens with two attached hydrogens (primary N) is 1. The second kappa shape index (κ2) is 7.65. The van der Waals surface area contributed by atoms with Crippen molar-refractivity contribution >= 4 is 5.91 Å². The van der Waals surface area contributed by atoms with Crippen LogP contribution in [0.15, 0.2) is 0 Å². The molecule has 0 aliphatic heterocycles. The van der Waals surface area contributed by atoms with Gasteiger partial charge in [0.2, 0.25) is 5.91 Å². The number of amides is 1. The Bertz CT molecular complexity index is 181. The number of hydrogen-bond donors (Lipinski definition) is 2. The third kappa shape index (κ3) is 5.14. The third-order valence-corrected chi connectivity index (χ3v) is 3.03. The van der Waals surface area contributed by atoms with Gasteiger partial charge in [0.1, 0.15) is 0 Å². The van der Waals surface area contributed by atoms with E-state index in [9.17, 15) is 4.79 Å². The summed E-state index contributed by atoms with van der Waals surface area (Å²) in [7, 11) is 3.87. The van der Waals surface area contributed by atoms with Crippen molar-refractivity contribution in [2.45, 2.75) is 45.2 Å². The van der Waals surface area contributed by atoms with E-state index in [0.717, 1.165) is 25.8 Å². The van der Waals surface area contributed by atoms with E-state index in [-0.39, 0.29) is 11.9 Å². The molecule has 1 atom stereocenters. The van der Waals surface area contributed by atoms with E-state index in [0.29, 0.717) is 6.04 Å². The monoisotopic (exact) mass is 215 g/mol. The van der Waals surface area contributed by atoms with Gasteiger partial charge in [-0.2, -0.15) is 0 Å². The second-order valence-electron chi connectivity index (χ2n) is 3.98. The molecule has 0 radical (unpaired) electrons. The Labute approximate surface area is 93.2 Å². The lowest BCUT2D eigenvalue weighted by atomic mass is 10.1. The lowest BCUT2D eigenvalue weighted by Crippen LogP contribution is -2.42. The zero-order chi connectivity index (χ0) is 11.8. The maximum atomic E-state index is 11.0. The highest BCUT2D eigenvalue weighted by Gasteiger charge is 2.15. The van der Waals surface area contributed by atoms with E-state index in [2.05, 4.69) is 31.1 Å². The molecule has 0 bridgehead atoms. The predicted molar refractivity (Wildman–Crippen MR) is 63.7 cm³/mol. The van der Waals surface area contributed by atoms with Gasteiger partial charge in [0, 0.05) is 12.6 Å². The number of hydrogen-bond acceptors (Lipinski definition) is 3. The van der Waals surface area contributed by atoms with Crippen LogP contribution in [0.5, 0.6) is 0 Å². The topological polar surface area (TPSA) is 58.4 Å². The van der Waals surface area contributed by atoms with Crippen LogP contribution >= 0.6 is 0 Å². The molecule has 0 aromatic heterocycles. The first-order valence-electron chi connectivity index (χ1n) is 5.73. The summed E-state index contributed by atoms with van der Waals surface area (Å²) in [6.07, 6.45) is 3.07. The maximum absolute atomic E-state index is 11.0. The number of nitrogens with one attached hydrogen (secondary N) is 1. The van der Waals surface area contributed by atoms with Crippen LogP contribution in [0.1, 0.15) is 33.1 Å². The van der Waals surface area contributed by atoms with E-state index in [4.69, 9.17) is 5.73 Å². The Morgan fingerprint density at radius 1 is 1.40 bits per heavy atom. The van der Waals surface area contributed by atoms with Gasteiger partial charge in [0.15, 0.2) is 0 Å². The fourth-order valence-corrected chi connectivity index (χ4v) is 1.86. The molecule has 0 saturated carbocycles. The van der Waals surface area contributed by atoms with Crippen LogP contribution in [0.4, 0.5) is 0 Å². The molecule has 0 saturated heterocycles. The normalized spacial score (nSPS) is 13.5. The zero-order valence-corrected chi connectivity index (χ0v) is 10.4. The van der Waals surface area contributed by atoms with E-state index in [1.807, 2.05) is 0 Å². The first-order valence-corrected chi connectivity index (χ1v) is 5.73. The summed E-state index contributed by atoms with van der Waals surface area (Å²) in [5, 5.41) is 2.93. The van der Waals surface area contributed by atoms with E-state index >= 15 is 0 Å². The number of carbonyl (C=O) groups excluding carboxylic acids is 1. The van der Waals surface area contributed by atoms with Crippen LogP contribution in [0.25, 0.3) is 0 Å². The van der Waals surface area contributed by atoms with Gasteiger partial charge in [-0.3, -0.25) is 4.79 Å². The summed E-state index contributed by atoms with van der Waals surface area (Å²) in [6.45, 7) is 5.28. The molecule has 1 amide bonds. The largest absolute Gasteiger partial charge is 0.368 e. The van der Waals surface area contributed by atoms with Crippen LogP contribution in [0.2, 0.25) is 0 Å². The SMILES string of the molecule is CCC(CC)N(C)CCC(NC)C(N)=O. The summed E-state index contributed by atoms with van der Waals surface area (Å²) in [5.74, 6) is -0.268. The summed E-state index contributed by atoms with van der Waals surface area (Å²) in [6, 6.07) is 0.400. The highest BCUT2D eigenvalue weighted by Crippen LogP contribution is 2.07. The van der Waals surface area contributed by atoms with Crippen LogP contribution in [0.3, 0.4) is 0 Å². The molecular formula is C11H25N3O. The van der Waals surface area contributed by atoms with Crippen molar-refractivity contribution in [2.24, 2.45) is 5.73 Å². The number of likely N-dealkylation sites (N-methyl/N-ethyl adjacent to an activating group) is 1. The molecule has 1 unspecified atom stereocenters. The third-order valence-electron chi connectivity index (χ3n) is 3.03. The molecule has 0 aromatic rings. The standard InChI is InChI=1S/C11H25N3O/c1-5-9(6-2)14(4)8-7-10(13-3)11(12)15/h9-10,13H,5-8H2,1-4H3,(H2,12,15). The van der Waals surface area contributed by atoms with Crippen LogP contribution in [0, 0.1) is 0 Å². The molecule has 0 heterocycles. The molecule has 3 N–H and O–H groups in total. The molecule has 15 heavy (non-hydrogen) atoms. The Morgan fingerprint density at radius 2 is 1.93 bits per heavy atom. The van der Waals surface area contributed by atoms with Crippen molar-refractivity contribution in [1.29, 1.82) is 0 Å². The summed E-state index contributed by atoms with van der Waals surface area (Å²) in [5.41, 5.74) is 5.25. The Balaban J connectivity index is 3.96. The van der Waals surface area contributed by atoms with Crippen LogP contribution < -0.4 is 11.1 Å². The summed E-state index contributed by atoms with van der Waals surface area (Å²) >= 11 is 0. The molecule has 0 fully saturated rings. The highest BCUT2D eigenvalue weighted by atomic mass is 16.1. The minimum Gasteiger partial charge on any atom is -0.368 e. The predicted octanol–water partition coefficient (Wildman–Crippen LogP) is 0.570. The van der Waals surface area contributed by atoms with Crippen molar-refractivity contribution in [3.05, 3.63) is 0 Å². The molecule has 0 spiro atoms. The van der Waals surface area contributed by atoms with Crippen molar-refractivity contribution < 1.29 is 4.79 Å². The Kier molecular flexibility index (Phi) is 7.34. The number of carbonyl (C=O) groups is 1. The summed E-state index contributed by atoms with van der Waals surface area (Å²) < 4.78 is 0. The Hall–Kier alpha value is -0.610. The molecule has 0 aromatic carbocycles. The van der Waals surface area contributed by atoms with Gasteiger partial charge >= 0.3 is 0 Å². The van der Waals surface area contributed by atoms with Crippen LogP contribution in [-0.2, 0) is 4.79 Å². The average Bonchev–Trinajstić information content (AvgIpc) is 2.20. The first kappa shape index (κ1) is 14.4. The molecular weight excluding hydrogens is 190 g/mol. The smallest absolute Gasteiger partial charge is 0.234 e. The molecule has 0 rings (SSSR count). The van der Waals surface area contributed by atoms with Gasteiger partial charge in [-0.1, -0.05) is 13.8 Å². The highest BCUT2D eigenvalue weighted by molar-refractivity contribution is 5.79. The van der Waals surface area contributed by atoms with Gasteiger partial charge in [0.25, 0.3) is 0 Å². The molecule has 4 heteroatoms. The minimum absolute atomic E-state index is 0.207. The lowest BCUT2D eigenvalue weighted by molar-refractivity contribution is -0.120. The van der Waals surface area contributed by atoms with Crippen molar-refractivity contribution in [2.75, 3.05) is 20.6 Å². The minimum atomic E-state index is -0.268. The van der Waals surface area contributed by atoms with Crippen molar-refractivity contribution in [3.8, 4) is 0 Å². The first-order chi connectivity index (χ1) is 7.06. The van der Waals surface area contributed by atoms with E-state index < -0.39 is 0 Å². The Morgan fingerprint density at radius 3 is 2.27 bits per heavy atom. The fraction of sp³-hybridized carbons (Fsp3) is 0.909. The van der Waals surface area contributed by atoms with Crippen molar-refractivity contribution in [3.63, 3.8) is 0 Å². The molecule has 0 aliphatic carbocycles. The fourth-order valence-electron chi connectivity index (χ4n) is 1.86. The number of nitrogens with zero attached hydrogens (tertiary/aromatic N) is 1. The average molecular weight is 215 g/mol. The molecule has 90 valence electrons. The van der Waals surface area contributed by atoms with Gasteiger partial charge in [-0.05, 0) is 33.4 Å². The lowest BCUT2D eigenvalue weighted by Gasteiger charge is -2.27. The van der Waals surface area contributed by atoms with Gasteiger partial charge in [-0.15, -0.1) is 0 Å². The van der Waals surface area contributed by atoms with E-state index in [1.165, 1.54) is 0 Å². The summed E-state index contributed by atoms with van der Waals surface area (Å²) in [4.78, 5) is 13.3. The van der Waals surface area contributed by atoms with Crippen LogP contribution in [-0.4, -0.2) is 43.5 Å². The number of primary amides is 1. The maximum Gasteiger partial charge on any atom is 0.234 e. The zero-order valence-electron chi connectivity index (χ0n) is 10.4. The molecule has 0 aliphatic rings. The van der Waals surface area contributed by atoms with Gasteiger partial charge < -0.3 is 16.0 Å². The van der Waals surface area contributed by atoms with Gasteiger partial charge in [0.05, 0.1) is 6.04 Å². The van der Waals surface area contributed by atoms with Crippen molar-refractivity contribution in [1.82, 2.24) is 10.2 Å². The van der Waals surface area contributed by atoms with E-state index in [1.54, 1.807) is 7.05 Å².